The summed E-state index contributed by atoms with van der Waals surface area (Å²) >= 11 is 0. The minimum atomic E-state index is -0.398. The minimum Gasteiger partial charge on any atom is -0.320 e. The van der Waals surface area contributed by atoms with Crippen LogP contribution in [0.5, 0.6) is 0 Å². The molecule has 1 aliphatic rings. The molecule has 2 heterocycles. The van der Waals surface area contributed by atoms with E-state index in [1.54, 1.807) is 18.3 Å². The first-order valence-electron chi connectivity index (χ1n) is 9.81. The Morgan fingerprint density at radius 1 is 0.839 bits per heavy atom. The van der Waals surface area contributed by atoms with Crippen LogP contribution in [0.15, 0.2) is 85.1 Å². The van der Waals surface area contributed by atoms with Gasteiger partial charge >= 0.3 is 0 Å². The molecule has 6 nitrogen and oxygen atoms in total. The second-order valence-corrected chi connectivity index (χ2v) is 7.28. The highest BCUT2D eigenvalue weighted by atomic mass is 16.2. The number of fused-ring (bicyclic) bond motifs is 2. The van der Waals surface area contributed by atoms with Crippen LogP contribution in [0, 0.1) is 0 Å². The number of hydrogen-bond acceptors (Lipinski definition) is 4. The van der Waals surface area contributed by atoms with Crippen molar-refractivity contribution in [3.05, 3.63) is 107 Å². The van der Waals surface area contributed by atoms with E-state index in [0.717, 1.165) is 10.9 Å². The third kappa shape index (κ3) is 3.34. The Morgan fingerprint density at radius 3 is 2.45 bits per heavy atom. The summed E-state index contributed by atoms with van der Waals surface area (Å²) in [4.78, 5) is 44.0. The molecule has 0 spiro atoms. The lowest BCUT2D eigenvalue weighted by atomic mass is 10.1. The van der Waals surface area contributed by atoms with Gasteiger partial charge in [0, 0.05) is 17.1 Å². The number of pyridine rings is 1. The molecule has 0 bridgehead atoms. The average molecular weight is 407 g/mol. The lowest BCUT2D eigenvalue weighted by Crippen LogP contribution is -2.29. The highest BCUT2D eigenvalue weighted by Crippen LogP contribution is 2.27. The van der Waals surface area contributed by atoms with Gasteiger partial charge in [-0.05, 0) is 35.9 Å². The van der Waals surface area contributed by atoms with Crippen molar-refractivity contribution < 1.29 is 14.4 Å². The number of carbonyl (C=O) groups excluding carboxylic acids is 3. The van der Waals surface area contributed by atoms with Gasteiger partial charge in [-0.25, -0.2) is 0 Å². The summed E-state index contributed by atoms with van der Waals surface area (Å²) in [7, 11) is 0. The molecule has 150 valence electrons. The van der Waals surface area contributed by atoms with Gasteiger partial charge in [-0.15, -0.1) is 0 Å². The molecule has 0 fully saturated rings. The summed E-state index contributed by atoms with van der Waals surface area (Å²) in [5, 5.41) is 3.77. The number of nitrogens with one attached hydrogen (secondary N) is 1. The second-order valence-electron chi connectivity index (χ2n) is 7.28. The zero-order valence-corrected chi connectivity index (χ0v) is 16.4. The van der Waals surface area contributed by atoms with E-state index in [4.69, 9.17) is 0 Å². The van der Waals surface area contributed by atoms with Gasteiger partial charge in [0.05, 0.1) is 28.9 Å². The Balaban J connectivity index is 1.42. The number of benzene rings is 3. The largest absolute Gasteiger partial charge is 0.320 e. The van der Waals surface area contributed by atoms with Gasteiger partial charge in [-0.3, -0.25) is 24.3 Å². The Morgan fingerprint density at radius 2 is 1.61 bits per heavy atom. The van der Waals surface area contributed by atoms with Crippen LogP contribution in [0.25, 0.3) is 10.9 Å². The Kier molecular flexibility index (Phi) is 4.52. The molecule has 1 aliphatic heterocycles. The third-order valence-electron chi connectivity index (χ3n) is 5.30. The zero-order chi connectivity index (χ0) is 21.4. The molecule has 0 saturated carbocycles. The molecule has 0 radical (unpaired) electrons. The summed E-state index contributed by atoms with van der Waals surface area (Å²) in [5.41, 5.74) is 2.97. The maximum atomic E-state index is 12.9. The molecule has 0 aliphatic carbocycles. The van der Waals surface area contributed by atoms with Crippen molar-refractivity contribution >= 4 is 34.3 Å². The molecule has 1 N–H and O–H groups in total. The fraction of sp³-hybridized carbons (Fsp3) is 0.0400. The Bertz CT molecular complexity index is 1340. The van der Waals surface area contributed by atoms with E-state index in [1.807, 2.05) is 54.6 Å². The van der Waals surface area contributed by atoms with Gasteiger partial charge in [-0.2, -0.15) is 0 Å². The molecular weight excluding hydrogens is 390 g/mol. The fourth-order valence-corrected chi connectivity index (χ4v) is 3.74. The quantitative estimate of drug-likeness (QED) is 0.512. The van der Waals surface area contributed by atoms with Crippen LogP contribution in [0.4, 0.5) is 5.69 Å². The molecule has 0 atom stereocenters. The summed E-state index contributed by atoms with van der Waals surface area (Å²) in [6.07, 6.45) is 1.67. The summed E-state index contributed by atoms with van der Waals surface area (Å²) < 4.78 is 0. The summed E-state index contributed by atoms with van der Waals surface area (Å²) in [6.45, 7) is 0.191. The number of imide groups is 1. The standard InChI is InChI=1S/C25H17N3O3/c29-23(27-21-10-4-8-17-9-5-13-26-22(17)21)18-11-12-19-20(14-18)25(31)28(24(19)30)15-16-6-2-1-3-7-16/h1-14H,15H2,(H,27,29). The average Bonchev–Trinajstić information content (AvgIpc) is 3.04. The number of amides is 3. The van der Waals surface area contributed by atoms with E-state index in [-0.39, 0.29) is 23.9 Å². The van der Waals surface area contributed by atoms with Gasteiger partial charge in [0.2, 0.25) is 0 Å². The number of hydrogen-bond donors (Lipinski definition) is 1. The van der Waals surface area contributed by atoms with Gasteiger partial charge in [-0.1, -0.05) is 48.5 Å². The Labute approximate surface area is 178 Å². The number of rotatable bonds is 4. The molecule has 0 saturated heterocycles. The molecule has 0 unspecified atom stereocenters. The molecule has 1 aromatic heterocycles. The number of carbonyl (C=O) groups is 3. The highest BCUT2D eigenvalue weighted by molar-refractivity contribution is 6.22. The second kappa shape index (κ2) is 7.50. The topological polar surface area (TPSA) is 79.4 Å². The van der Waals surface area contributed by atoms with Crippen molar-refractivity contribution in [3.63, 3.8) is 0 Å². The fourth-order valence-electron chi connectivity index (χ4n) is 3.74. The number of para-hydroxylation sites is 1. The first-order chi connectivity index (χ1) is 15.1. The van der Waals surface area contributed by atoms with Crippen LogP contribution < -0.4 is 5.32 Å². The van der Waals surface area contributed by atoms with Gasteiger partial charge < -0.3 is 5.32 Å². The van der Waals surface area contributed by atoms with E-state index in [9.17, 15) is 14.4 Å². The summed E-state index contributed by atoms with van der Waals surface area (Å²) in [5.74, 6) is -1.12. The van der Waals surface area contributed by atoms with Crippen molar-refractivity contribution in [2.45, 2.75) is 6.54 Å². The molecule has 6 heteroatoms. The van der Waals surface area contributed by atoms with Crippen molar-refractivity contribution in [2.24, 2.45) is 0 Å². The number of anilines is 1. The Hall–Kier alpha value is -4.32. The monoisotopic (exact) mass is 407 g/mol. The number of nitrogens with zero attached hydrogens (tertiary/aromatic N) is 2. The predicted molar refractivity (Wildman–Crippen MR) is 117 cm³/mol. The summed E-state index contributed by atoms with van der Waals surface area (Å²) in [6, 6.07) is 23.2. The third-order valence-corrected chi connectivity index (χ3v) is 5.30. The smallest absolute Gasteiger partial charge is 0.261 e. The van der Waals surface area contributed by atoms with Crippen molar-refractivity contribution in [1.29, 1.82) is 0 Å². The number of aromatic nitrogens is 1. The SMILES string of the molecule is O=C(Nc1cccc2cccnc12)c1ccc2c(c1)C(=O)N(Cc1ccccc1)C2=O. The van der Waals surface area contributed by atoms with Crippen LogP contribution in [-0.2, 0) is 6.54 Å². The molecule has 3 aromatic carbocycles. The van der Waals surface area contributed by atoms with Crippen molar-refractivity contribution in [2.75, 3.05) is 5.32 Å². The van der Waals surface area contributed by atoms with Crippen LogP contribution in [0.3, 0.4) is 0 Å². The van der Waals surface area contributed by atoms with E-state index >= 15 is 0 Å². The van der Waals surface area contributed by atoms with Crippen LogP contribution in [0.1, 0.15) is 36.6 Å². The molecular formula is C25H17N3O3. The predicted octanol–water partition coefficient (Wildman–Crippen LogP) is 4.28. The van der Waals surface area contributed by atoms with Crippen LogP contribution in [-0.4, -0.2) is 27.6 Å². The van der Waals surface area contributed by atoms with E-state index in [1.165, 1.54) is 17.0 Å². The van der Waals surface area contributed by atoms with Crippen molar-refractivity contribution in [3.8, 4) is 0 Å². The van der Waals surface area contributed by atoms with Crippen LogP contribution >= 0.6 is 0 Å². The van der Waals surface area contributed by atoms with E-state index < -0.39 is 5.91 Å². The first kappa shape index (κ1) is 18.7. The normalized spacial score (nSPS) is 12.8. The lowest BCUT2D eigenvalue weighted by molar-refractivity contribution is 0.0642. The maximum Gasteiger partial charge on any atom is 0.261 e. The lowest BCUT2D eigenvalue weighted by Gasteiger charge is -2.13. The molecule has 31 heavy (non-hydrogen) atoms. The minimum absolute atomic E-state index is 0.191. The van der Waals surface area contributed by atoms with Gasteiger partial charge in [0.1, 0.15) is 0 Å². The zero-order valence-electron chi connectivity index (χ0n) is 16.4. The molecule has 4 aromatic rings. The van der Waals surface area contributed by atoms with E-state index in [0.29, 0.717) is 22.3 Å². The van der Waals surface area contributed by atoms with Crippen molar-refractivity contribution in [1.82, 2.24) is 9.88 Å². The molecule has 3 amide bonds. The van der Waals surface area contributed by atoms with Gasteiger partial charge in [0.25, 0.3) is 17.7 Å². The maximum absolute atomic E-state index is 12.9. The van der Waals surface area contributed by atoms with Gasteiger partial charge in [0.15, 0.2) is 0 Å². The van der Waals surface area contributed by atoms with E-state index in [2.05, 4.69) is 10.3 Å². The molecule has 5 rings (SSSR count). The highest BCUT2D eigenvalue weighted by Gasteiger charge is 2.36. The first-order valence-corrected chi connectivity index (χ1v) is 9.81. The van der Waals surface area contributed by atoms with Crippen LogP contribution in [0.2, 0.25) is 0 Å².